The van der Waals surface area contributed by atoms with Crippen molar-refractivity contribution < 1.29 is 14.1 Å². The second-order valence-electron chi connectivity index (χ2n) is 5.17. The first-order valence-corrected chi connectivity index (χ1v) is 7.50. The van der Waals surface area contributed by atoms with E-state index in [0.717, 1.165) is 11.3 Å². The van der Waals surface area contributed by atoms with E-state index in [-0.39, 0.29) is 11.9 Å². The largest absolute Gasteiger partial charge is 0.382 e. The minimum absolute atomic E-state index is 0.289. The summed E-state index contributed by atoms with van der Waals surface area (Å²) in [5.74, 6) is 0.146. The number of pyridine rings is 1. The van der Waals surface area contributed by atoms with E-state index < -0.39 is 0 Å². The summed E-state index contributed by atoms with van der Waals surface area (Å²) in [5, 5.41) is 6.68. The van der Waals surface area contributed by atoms with Crippen molar-refractivity contribution in [3.8, 4) is 11.3 Å². The Bertz CT molecular complexity index is 788. The lowest BCUT2D eigenvalue weighted by Crippen LogP contribution is -2.32. The van der Waals surface area contributed by atoms with E-state index in [1.807, 2.05) is 48.5 Å². The number of carbonyl (C=O) groups is 1. The van der Waals surface area contributed by atoms with E-state index in [2.05, 4.69) is 15.5 Å². The highest BCUT2D eigenvalue weighted by Gasteiger charge is 2.22. The van der Waals surface area contributed by atoms with Gasteiger partial charge in [0, 0.05) is 18.9 Å². The zero-order valence-electron chi connectivity index (χ0n) is 13.2. The van der Waals surface area contributed by atoms with Gasteiger partial charge in [0.15, 0.2) is 5.76 Å². The molecule has 0 aliphatic heterocycles. The summed E-state index contributed by atoms with van der Waals surface area (Å²) >= 11 is 0. The lowest BCUT2D eigenvalue weighted by atomic mass is 10.1. The fourth-order valence-corrected chi connectivity index (χ4v) is 2.38. The van der Waals surface area contributed by atoms with E-state index in [0.29, 0.717) is 17.9 Å². The van der Waals surface area contributed by atoms with Crippen LogP contribution in [0.2, 0.25) is 0 Å². The Morgan fingerprint density at radius 2 is 2.00 bits per heavy atom. The first-order valence-electron chi connectivity index (χ1n) is 7.50. The number of methoxy groups -OCH3 is 1. The average molecular weight is 323 g/mol. The highest BCUT2D eigenvalue weighted by atomic mass is 16.5. The van der Waals surface area contributed by atoms with E-state index >= 15 is 0 Å². The topological polar surface area (TPSA) is 77.2 Å². The Hall–Kier alpha value is -2.99. The molecule has 1 N–H and O–H groups in total. The van der Waals surface area contributed by atoms with E-state index in [9.17, 15) is 4.79 Å². The van der Waals surface area contributed by atoms with Crippen LogP contribution < -0.4 is 5.32 Å². The molecule has 2 heterocycles. The van der Waals surface area contributed by atoms with Gasteiger partial charge in [-0.3, -0.25) is 9.78 Å². The molecule has 24 heavy (non-hydrogen) atoms. The van der Waals surface area contributed by atoms with Crippen LogP contribution in [0, 0.1) is 0 Å². The minimum Gasteiger partial charge on any atom is -0.382 e. The Morgan fingerprint density at radius 1 is 1.21 bits per heavy atom. The summed E-state index contributed by atoms with van der Waals surface area (Å²) in [6.07, 6.45) is 3.10. The lowest BCUT2D eigenvalue weighted by molar-refractivity contribution is 0.0894. The molecule has 122 valence electrons. The van der Waals surface area contributed by atoms with Gasteiger partial charge in [-0.2, -0.15) is 0 Å². The summed E-state index contributed by atoms with van der Waals surface area (Å²) in [4.78, 5) is 16.9. The Morgan fingerprint density at radius 3 is 2.71 bits per heavy atom. The number of amides is 1. The molecule has 0 aliphatic carbocycles. The highest BCUT2D eigenvalue weighted by molar-refractivity contribution is 5.99. The van der Waals surface area contributed by atoms with Crippen LogP contribution in [0.4, 0.5) is 0 Å². The van der Waals surface area contributed by atoms with Crippen LogP contribution in [0.25, 0.3) is 11.3 Å². The van der Waals surface area contributed by atoms with Crippen LogP contribution in [-0.4, -0.2) is 29.8 Å². The Balaban J connectivity index is 1.83. The zero-order chi connectivity index (χ0) is 16.8. The van der Waals surface area contributed by atoms with Crippen molar-refractivity contribution in [3.63, 3.8) is 0 Å². The molecule has 6 heteroatoms. The van der Waals surface area contributed by atoms with Gasteiger partial charge >= 0.3 is 0 Å². The molecule has 0 bridgehead atoms. The molecule has 2 aromatic heterocycles. The SMILES string of the molecule is COC[C@H](NC(=O)c1cnoc1-c1ccccc1)c1ccccn1. The number of ether oxygens (including phenoxy) is 1. The van der Waals surface area contributed by atoms with Gasteiger partial charge < -0.3 is 14.6 Å². The molecule has 0 unspecified atom stereocenters. The normalized spacial score (nSPS) is 11.9. The highest BCUT2D eigenvalue weighted by Crippen LogP contribution is 2.23. The fourth-order valence-electron chi connectivity index (χ4n) is 2.38. The van der Waals surface area contributed by atoms with Crippen LogP contribution >= 0.6 is 0 Å². The molecule has 0 aliphatic rings. The average Bonchev–Trinajstić information content (AvgIpc) is 3.13. The molecular weight excluding hydrogens is 306 g/mol. The van der Waals surface area contributed by atoms with Crippen molar-refractivity contribution in [3.05, 3.63) is 72.2 Å². The van der Waals surface area contributed by atoms with E-state index in [4.69, 9.17) is 9.26 Å². The van der Waals surface area contributed by atoms with Gasteiger partial charge in [-0.05, 0) is 12.1 Å². The molecular formula is C18H17N3O3. The molecule has 1 aromatic carbocycles. The maximum atomic E-state index is 12.7. The number of carbonyl (C=O) groups excluding carboxylic acids is 1. The standard InChI is InChI=1S/C18H17N3O3/c1-23-12-16(15-9-5-6-10-19-15)21-18(22)14-11-20-24-17(14)13-7-3-2-4-8-13/h2-11,16H,12H2,1H3,(H,21,22)/t16-/m0/s1. The van der Waals surface area contributed by atoms with Crippen LogP contribution in [0.5, 0.6) is 0 Å². The predicted octanol–water partition coefficient (Wildman–Crippen LogP) is 2.85. The summed E-state index contributed by atoms with van der Waals surface area (Å²) in [6.45, 7) is 0.314. The quantitative estimate of drug-likeness (QED) is 0.755. The number of nitrogens with zero attached hydrogens (tertiary/aromatic N) is 2. The second-order valence-corrected chi connectivity index (χ2v) is 5.17. The Kier molecular flexibility index (Phi) is 4.98. The third-order valence-electron chi connectivity index (χ3n) is 3.53. The maximum Gasteiger partial charge on any atom is 0.257 e. The van der Waals surface area contributed by atoms with Crippen LogP contribution in [0.1, 0.15) is 22.1 Å². The van der Waals surface area contributed by atoms with E-state index in [1.54, 1.807) is 13.3 Å². The summed E-state index contributed by atoms with van der Waals surface area (Å²) in [7, 11) is 1.58. The van der Waals surface area contributed by atoms with Crippen molar-refractivity contribution in [2.24, 2.45) is 0 Å². The smallest absolute Gasteiger partial charge is 0.257 e. The zero-order valence-corrected chi connectivity index (χ0v) is 13.2. The molecule has 0 saturated heterocycles. The molecule has 3 aromatic rings. The number of hydrogen-bond acceptors (Lipinski definition) is 5. The molecule has 1 amide bonds. The van der Waals surface area contributed by atoms with Crippen molar-refractivity contribution >= 4 is 5.91 Å². The summed E-state index contributed by atoms with van der Waals surface area (Å²) < 4.78 is 10.5. The van der Waals surface area contributed by atoms with Gasteiger partial charge in [-0.1, -0.05) is 41.6 Å². The van der Waals surface area contributed by atoms with Crippen molar-refractivity contribution in [2.75, 3.05) is 13.7 Å². The van der Waals surface area contributed by atoms with Crippen molar-refractivity contribution in [1.82, 2.24) is 15.5 Å². The van der Waals surface area contributed by atoms with Crippen LogP contribution in [-0.2, 0) is 4.74 Å². The van der Waals surface area contributed by atoms with Gasteiger partial charge in [-0.15, -0.1) is 0 Å². The van der Waals surface area contributed by atoms with E-state index in [1.165, 1.54) is 6.20 Å². The molecule has 0 radical (unpaired) electrons. The first-order chi connectivity index (χ1) is 11.8. The number of hydrogen-bond donors (Lipinski definition) is 1. The monoisotopic (exact) mass is 323 g/mol. The van der Waals surface area contributed by atoms with Gasteiger partial charge in [-0.25, -0.2) is 0 Å². The van der Waals surface area contributed by atoms with Crippen LogP contribution in [0.3, 0.4) is 0 Å². The minimum atomic E-state index is -0.359. The second kappa shape index (κ2) is 7.52. The summed E-state index contributed by atoms with van der Waals surface area (Å²) in [5.41, 5.74) is 1.89. The summed E-state index contributed by atoms with van der Waals surface area (Å²) in [6, 6.07) is 14.6. The van der Waals surface area contributed by atoms with Gasteiger partial charge in [0.25, 0.3) is 5.91 Å². The van der Waals surface area contributed by atoms with Gasteiger partial charge in [0.2, 0.25) is 0 Å². The maximum absolute atomic E-state index is 12.7. The lowest BCUT2D eigenvalue weighted by Gasteiger charge is -2.17. The number of rotatable bonds is 6. The van der Waals surface area contributed by atoms with Crippen LogP contribution in [0.15, 0.2) is 65.4 Å². The number of aromatic nitrogens is 2. The van der Waals surface area contributed by atoms with Gasteiger partial charge in [0.05, 0.1) is 24.5 Å². The van der Waals surface area contributed by atoms with Crippen molar-refractivity contribution in [1.29, 1.82) is 0 Å². The molecule has 6 nitrogen and oxygen atoms in total. The number of benzene rings is 1. The first kappa shape index (κ1) is 15.9. The molecule has 0 fully saturated rings. The molecule has 1 atom stereocenters. The number of nitrogens with one attached hydrogen (secondary N) is 1. The van der Waals surface area contributed by atoms with Gasteiger partial charge in [0.1, 0.15) is 5.56 Å². The third-order valence-corrected chi connectivity index (χ3v) is 3.53. The fraction of sp³-hybridized carbons (Fsp3) is 0.167. The third kappa shape index (κ3) is 3.49. The molecule has 3 rings (SSSR count). The predicted molar refractivity (Wildman–Crippen MR) is 88.3 cm³/mol. The Labute approximate surface area is 139 Å². The molecule has 0 saturated carbocycles. The molecule has 0 spiro atoms. The van der Waals surface area contributed by atoms with Crippen molar-refractivity contribution in [2.45, 2.75) is 6.04 Å².